The number of rotatable bonds is 4. The van der Waals surface area contributed by atoms with Crippen LogP contribution in [0, 0.1) is 0 Å². The minimum absolute atomic E-state index is 0.0213. The Morgan fingerprint density at radius 1 is 1.45 bits per heavy atom. The first-order valence-electron chi connectivity index (χ1n) is 6.00. The average molecular weight is 277 g/mol. The summed E-state index contributed by atoms with van der Waals surface area (Å²) in [6, 6.07) is 5.84. The van der Waals surface area contributed by atoms with Crippen molar-refractivity contribution < 1.29 is 14.3 Å². The molecule has 2 aromatic rings. The smallest absolute Gasteiger partial charge is 0.319 e. The summed E-state index contributed by atoms with van der Waals surface area (Å²) in [6.07, 6.45) is 2.09. The summed E-state index contributed by atoms with van der Waals surface area (Å²) in [5.41, 5.74) is -0.144. The quantitative estimate of drug-likeness (QED) is 0.771. The highest BCUT2D eigenvalue weighted by molar-refractivity contribution is 5.88. The van der Waals surface area contributed by atoms with Crippen LogP contribution in [0.1, 0.15) is 11.9 Å². The molecule has 0 saturated heterocycles. The van der Waals surface area contributed by atoms with Crippen LogP contribution in [0.4, 0.5) is 10.5 Å². The van der Waals surface area contributed by atoms with E-state index in [9.17, 15) is 14.7 Å². The number of carbonyl (C=O) groups is 1. The molecule has 0 aliphatic heterocycles. The van der Waals surface area contributed by atoms with E-state index in [0.29, 0.717) is 5.76 Å². The molecule has 0 aromatic carbocycles. The number of furan rings is 1. The summed E-state index contributed by atoms with van der Waals surface area (Å²) >= 11 is 0. The first-order valence-corrected chi connectivity index (χ1v) is 6.00. The number of aryl methyl sites for hydroxylation is 1. The van der Waals surface area contributed by atoms with Crippen LogP contribution in [0.2, 0.25) is 0 Å². The Morgan fingerprint density at radius 2 is 2.25 bits per heavy atom. The second-order valence-electron chi connectivity index (χ2n) is 4.20. The molecule has 0 saturated carbocycles. The van der Waals surface area contributed by atoms with Gasteiger partial charge in [-0.05, 0) is 24.3 Å². The lowest BCUT2D eigenvalue weighted by atomic mass is 10.3. The van der Waals surface area contributed by atoms with E-state index in [4.69, 9.17) is 4.42 Å². The zero-order chi connectivity index (χ0) is 14.5. The predicted molar refractivity (Wildman–Crippen MR) is 72.4 cm³/mol. The molecule has 1 atom stereocenters. The Kier molecular flexibility index (Phi) is 4.21. The van der Waals surface area contributed by atoms with Crippen LogP contribution in [0.3, 0.4) is 0 Å². The van der Waals surface area contributed by atoms with Crippen molar-refractivity contribution in [3.05, 3.63) is 52.8 Å². The third-order valence-electron chi connectivity index (χ3n) is 2.70. The summed E-state index contributed by atoms with van der Waals surface area (Å²) in [4.78, 5) is 23.3. The van der Waals surface area contributed by atoms with Crippen LogP contribution in [0.25, 0.3) is 0 Å². The Morgan fingerprint density at radius 3 is 2.95 bits per heavy atom. The molecule has 7 nitrogen and oxygen atoms in total. The lowest BCUT2D eigenvalue weighted by molar-refractivity contribution is 0.149. The number of pyridine rings is 1. The van der Waals surface area contributed by atoms with Gasteiger partial charge in [0, 0.05) is 13.2 Å². The largest absolute Gasteiger partial charge is 0.467 e. The number of anilines is 1. The maximum absolute atomic E-state index is 11.7. The van der Waals surface area contributed by atoms with Crippen LogP contribution in [0.15, 0.2) is 45.9 Å². The predicted octanol–water partition coefficient (Wildman–Crippen LogP) is 0.833. The lowest BCUT2D eigenvalue weighted by Gasteiger charge is -2.10. The first kappa shape index (κ1) is 13.9. The molecule has 20 heavy (non-hydrogen) atoms. The minimum atomic E-state index is -0.936. The highest BCUT2D eigenvalue weighted by Gasteiger charge is 2.12. The first-order chi connectivity index (χ1) is 9.58. The zero-order valence-corrected chi connectivity index (χ0v) is 10.9. The Labute approximate surface area is 114 Å². The van der Waals surface area contributed by atoms with Crippen molar-refractivity contribution in [2.75, 3.05) is 11.9 Å². The fourth-order valence-electron chi connectivity index (χ4n) is 1.63. The summed E-state index contributed by atoms with van der Waals surface area (Å²) in [5.74, 6) is 0.362. The fourth-order valence-corrected chi connectivity index (χ4v) is 1.63. The van der Waals surface area contributed by atoms with Gasteiger partial charge >= 0.3 is 6.03 Å². The van der Waals surface area contributed by atoms with E-state index in [1.165, 1.54) is 16.9 Å². The molecule has 3 N–H and O–H groups in total. The van der Waals surface area contributed by atoms with E-state index in [-0.39, 0.29) is 17.8 Å². The lowest BCUT2D eigenvalue weighted by Crippen LogP contribution is -2.34. The van der Waals surface area contributed by atoms with Gasteiger partial charge in [0.25, 0.3) is 5.56 Å². The van der Waals surface area contributed by atoms with Gasteiger partial charge in [-0.3, -0.25) is 4.79 Å². The normalized spacial score (nSPS) is 11.9. The maximum Gasteiger partial charge on any atom is 0.319 e. The molecule has 7 heteroatoms. The van der Waals surface area contributed by atoms with Crippen molar-refractivity contribution >= 4 is 11.7 Å². The molecule has 2 amide bonds. The summed E-state index contributed by atoms with van der Waals surface area (Å²) in [6.45, 7) is -0.0213. The van der Waals surface area contributed by atoms with Crippen molar-refractivity contribution in [1.29, 1.82) is 0 Å². The van der Waals surface area contributed by atoms with Crippen molar-refractivity contribution in [3.8, 4) is 0 Å². The number of aliphatic hydroxyl groups is 1. The van der Waals surface area contributed by atoms with Gasteiger partial charge in [-0.2, -0.15) is 0 Å². The number of hydrogen-bond acceptors (Lipinski definition) is 4. The molecule has 0 fully saturated rings. The fraction of sp³-hybridized carbons (Fsp3) is 0.231. The molecule has 2 aromatic heterocycles. The monoisotopic (exact) mass is 277 g/mol. The molecular formula is C13H15N3O4. The van der Waals surface area contributed by atoms with Gasteiger partial charge in [0.1, 0.15) is 17.6 Å². The van der Waals surface area contributed by atoms with Gasteiger partial charge < -0.3 is 24.7 Å². The van der Waals surface area contributed by atoms with E-state index in [1.54, 1.807) is 31.4 Å². The molecule has 0 spiro atoms. The highest BCUT2D eigenvalue weighted by atomic mass is 16.4. The van der Waals surface area contributed by atoms with E-state index in [1.807, 2.05) is 0 Å². The Bertz CT molecular complexity index is 633. The van der Waals surface area contributed by atoms with E-state index in [0.717, 1.165) is 0 Å². The van der Waals surface area contributed by atoms with Gasteiger partial charge in [0.2, 0.25) is 0 Å². The van der Waals surface area contributed by atoms with Crippen LogP contribution in [-0.2, 0) is 7.05 Å². The minimum Gasteiger partial charge on any atom is -0.467 e. The number of hydrogen-bond donors (Lipinski definition) is 3. The topological polar surface area (TPSA) is 96.5 Å². The van der Waals surface area contributed by atoms with Crippen LogP contribution >= 0.6 is 0 Å². The van der Waals surface area contributed by atoms with Crippen molar-refractivity contribution in [3.63, 3.8) is 0 Å². The van der Waals surface area contributed by atoms with Gasteiger partial charge in [0.05, 0.1) is 12.8 Å². The molecule has 0 aliphatic rings. The van der Waals surface area contributed by atoms with Crippen molar-refractivity contribution in [1.82, 2.24) is 9.88 Å². The van der Waals surface area contributed by atoms with Gasteiger partial charge in [-0.1, -0.05) is 0 Å². The molecule has 0 radical (unpaired) electrons. The Balaban J connectivity index is 1.90. The maximum atomic E-state index is 11.7. The van der Waals surface area contributed by atoms with Gasteiger partial charge in [-0.15, -0.1) is 0 Å². The Hall–Kier alpha value is -2.54. The number of aliphatic hydroxyl groups excluding tert-OH is 1. The summed E-state index contributed by atoms with van der Waals surface area (Å²) in [5, 5.41) is 14.6. The second-order valence-corrected chi connectivity index (χ2v) is 4.20. The molecule has 2 heterocycles. The third kappa shape index (κ3) is 3.27. The molecule has 106 valence electrons. The standard InChI is InChI=1S/C13H15N3O4/c1-16-6-2-4-9(12(16)18)15-13(19)14-8-10(17)11-5-3-7-20-11/h2-7,10,17H,8H2,1H3,(H2,14,15,19). The van der Waals surface area contributed by atoms with Crippen LogP contribution in [-0.4, -0.2) is 22.2 Å². The highest BCUT2D eigenvalue weighted by Crippen LogP contribution is 2.11. The van der Waals surface area contributed by atoms with E-state index >= 15 is 0 Å². The van der Waals surface area contributed by atoms with Gasteiger partial charge in [0.15, 0.2) is 0 Å². The third-order valence-corrected chi connectivity index (χ3v) is 2.70. The van der Waals surface area contributed by atoms with E-state index < -0.39 is 12.1 Å². The number of urea groups is 1. The van der Waals surface area contributed by atoms with Crippen LogP contribution in [0.5, 0.6) is 0 Å². The van der Waals surface area contributed by atoms with Gasteiger partial charge in [-0.25, -0.2) is 4.79 Å². The van der Waals surface area contributed by atoms with Crippen molar-refractivity contribution in [2.45, 2.75) is 6.10 Å². The van der Waals surface area contributed by atoms with Crippen LogP contribution < -0.4 is 16.2 Å². The number of nitrogens with one attached hydrogen (secondary N) is 2. The van der Waals surface area contributed by atoms with E-state index in [2.05, 4.69) is 10.6 Å². The zero-order valence-electron chi connectivity index (χ0n) is 10.9. The number of aromatic nitrogens is 1. The molecule has 0 bridgehead atoms. The summed E-state index contributed by atoms with van der Waals surface area (Å²) in [7, 11) is 1.59. The van der Waals surface area contributed by atoms with Crippen molar-refractivity contribution in [2.24, 2.45) is 7.05 Å². The second kappa shape index (κ2) is 6.07. The molecule has 0 aliphatic carbocycles. The molecule has 1 unspecified atom stereocenters. The number of nitrogens with zero attached hydrogens (tertiary/aromatic N) is 1. The SMILES string of the molecule is Cn1cccc(NC(=O)NCC(O)c2ccco2)c1=O. The molecule has 2 rings (SSSR count). The number of carbonyl (C=O) groups excluding carboxylic acids is 1. The number of amides is 2. The average Bonchev–Trinajstić information content (AvgIpc) is 2.95. The summed E-state index contributed by atoms with van der Waals surface area (Å²) < 4.78 is 6.36. The molecular weight excluding hydrogens is 262 g/mol.